The lowest BCUT2D eigenvalue weighted by atomic mass is 10.0. The summed E-state index contributed by atoms with van der Waals surface area (Å²) < 4.78 is 27.3. The Kier molecular flexibility index (Phi) is 6.73. The number of likely N-dealkylation sites (tertiary alicyclic amines) is 1. The monoisotopic (exact) mass is 559 g/mol. The summed E-state index contributed by atoms with van der Waals surface area (Å²) >= 11 is 0. The van der Waals surface area contributed by atoms with Crippen LogP contribution >= 0.6 is 0 Å². The van der Waals surface area contributed by atoms with E-state index >= 15 is 0 Å². The van der Waals surface area contributed by atoms with Gasteiger partial charge in [-0.05, 0) is 53.9 Å². The molecule has 1 N–H and O–H groups in total. The molecule has 6 rings (SSSR count). The van der Waals surface area contributed by atoms with E-state index in [-0.39, 0.29) is 24.3 Å². The van der Waals surface area contributed by atoms with Crippen LogP contribution < -0.4 is 5.32 Å². The minimum Gasteiger partial charge on any atom is -0.322 e. The Bertz CT molecular complexity index is 1600. The smallest absolute Gasteiger partial charge is 0.255 e. The van der Waals surface area contributed by atoms with Crippen molar-refractivity contribution in [1.29, 1.82) is 0 Å². The first kappa shape index (κ1) is 26.3. The summed E-state index contributed by atoms with van der Waals surface area (Å²) in [6, 6.07) is 17.3. The highest BCUT2D eigenvalue weighted by Crippen LogP contribution is 2.31. The molecule has 0 bridgehead atoms. The van der Waals surface area contributed by atoms with Crippen molar-refractivity contribution in [3.05, 3.63) is 83.6 Å². The van der Waals surface area contributed by atoms with E-state index in [0.717, 1.165) is 22.4 Å². The van der Waals surface area contributed by atoms with Gasteiger partial charge >= 0.3 is 0 Å². The van der Waals surface area contributed by atoms with Gasteiger partial charge in [-0.1, -0.05) is 24.3 Å². The highest BCUT2D eigenvalue weighted by molar-refractivity contribution is 7.89. The van der Waals surface area contributed by atoms with Gasteiger partial charge in [-0.15, -0.1) is 0 Å². The van der Waals surface area contributed by atoms with Gasteiger partial charge < -0.3 is 4.90 Å². The zero-order chi connectivity index (χ0) is 28.0. The maximum absolute atomic E-state index is 13.0. The van der Waals surface area contributed by atoms with Crippen LogP contribution in [0.5, 0.6) is 0 Å². The molecule has 0 saturated carbocycles. The molecule has 0 unspecified atom stereocenters. The Morgan fingerprint density at radius 3 is 2.55 bits per heavy atom. The van der Waals surface area contributed by atoms with Crippen LogP contribution in [0.2, 0.25) is 0 Å². The van der Waals surface area contributed by atoms with Crippen LogP contribution in [-0.4, -0.2) is 77.4 Å². The molecular weight excluding hydrogens is 530 g/mol. The predicted octanol–water partition coefficient (Wildman–Crippen LogP) is 2.01. The number of aromatic nitrogens is 1. The molecule has 206 valence electrons. The first-order valence-corrected chi connectivity index (χ1v) is 14.6. The molecule has 1 aromatic heterocycles. The van der Waals surface area contributed by atoms with Gasteiger partial charge in [0.05, 0.1) is 16.6 Å². The molecule has 3 aliphatic rings. The number of hydrogen-bond acceptors (Lipinski definition) is 7. The van der Waals surface area contributed by atoms with E-state index in [4.69, 9.17) is 0 Å². The molecule has 0 radical (unpaired) electrons. The van der Waals surface area contributed by atoms with Gasteiger partial charge in [-0.2, -0.15) is 4.31 Å². The number of benzene rings is 2. The van der Waals surface area contributed by atoms with Crippen LogP contribution in [-0.2, 0) is 32.7 Å². The molecule has 2 saturated heterocycles. The van der Waals surface area contributed by atoms with Gasteiger partial charge in [-0.25, -0.2) is 8.42 Å². The van der Waals surface area contributed by atoms with Gasteiger partial charge in [-0.3, -0.25) is 29.6 Å². The van der Waals surface area contributed by atoms with E-state index in [9.17, 15) is 22.8 Å². The summed E-state index contributed by atoms with van der Waals surface area (Å²) in [6.45, 7) is 2.25. The molecule has 3 aromatic rings. The van der Waals surface area contributed by atoms with Crippen molar-refractivity contribution in [2.24, 2.45) is 0 Å². The Balaban J connectivity index is 1.11. The molecule has 1 atom stereocenters. The number of amides is 3. The Hall–Kier alpha value is -3.93. The third kappa shape index (κ3) is 4.80. The summed E-state index contributed by atoms with van der Waals surface area (Å²) in [6.07, 6.45) is 2.30. The Labute approximate surface area is 232 Å². The number of nitrogens with zero attached hydrogens (tertiary/aromatic N) is 4. The van der Waals surface area contributed by atoms with E-state index < -0.39 is 22.0 Å². The van der Waals surface area contributed by atoms with Crippen molar-refractivity contribution in [3.8, 4) is 11.3 Å². The number of nitrogens with one attached hydrogen (secondary N) is 1. The number of pyridine rings is 1. The van der Waals surface area contributed by atoms with Crippen LogP contribution in [0.15, 0.2) is 71.8 Å². The second-order valence-corrected chi connectivity index (χ2v) is 12.5. The lowest BCUT2D eigenvalue weighted by Crippen LogP contribution is -2.58. The van der Waals surface area contributed by atoms with E-state index in [2.05, 4.69) is 15.2 Å². The third-order valence-corrected chi connectivity index (χ3v) is 9.85. The minimum atomic E-state index is -3.53. The zero-order valence-corrected chi connectivity index (χ0v) is 22.8. The molecule has 4 heterocycles. The quantitative estimate of drug-likeness (QED) is 0.440. The number of carbonyl (C=O) groups excluding carboxylic acids is 3. The number of likely N-dealkylation sites (N-methyl/N-ethyl adjacent to an activating group) is 1. The topological polar surface area (TPSA) is 120 Å². The fourth-order valence-electron chi connectivity index (χ4n) is 5.58. The standard InChI is InChI=1S/C29H29N5O5S/c1-32(40(38,39)23-5-3-2-4-6-23)22-17-33(18-22)15-19-11-12-30-25(13-19)20-7-8-24-21(14-20)16-34(29(24)37)26-9-10-27(35)31-28(26)36/h2-8,11-14,22,26H,9-10,15-18H2,1H3,(H,31,35,36)/t26-/m0/s1. The lowest BCUT2D eigenvalue weighted by molar-refractivity contribution is -0.136. The first-order valence-electron chi connectivity index (χ1n) is 13.2. The summed E-state index contributed by atoms with van der Waals surface area (Å²) in [7, 11) is -1.90. The van der Waals surface area contributed by atoms with Gasteiger partial charge in [0, 0.05) is 57.0 Å². The van der Waals surface area contributed by atoms with E-state index in [1.165, 1.54) is 9.21 Å². The average Bonchev–Trinajstić information content (AvgIpc) is 3.26. The SMILES string of the molecule is CN(C1CN(Cc2ccnc(-c3ccc4c(c3)CN([C@H]3CCC(=O)NC3=O)C4=O)c2)C1)S(=O)(=O)c1ccccc1. The normalized spacial score (nSPS) is 20.0. The van der Waals surface area contributed by atoms with E-state index in [0.29, 0.717) is 43.1 Å². The molecule has 3 amide bonds. The number of carbonyl (C=O) groups is 3. The van der Waals surface area contributed by atoms with Crippen molar-refractivity contribution < 1.29 is 22.8 Å². The van der Waals surface area contributed by atoms with Gasteiger partial charge in [0.15, 0.2) is 0 Å². The maximum atomic E-state index is 13.0. The number of rotatable bonds is 7. The van der Waals surface area contributed by atoms with Crippen LogP contribution in [0.25, 0.3) is 11.3 Å². The fraction of sp³-hybridized carbons (Fsp3) is 0.310. The molecule has 2 aromatic carbocycles. The van der Waals surface area contributed by atoms with Gasteiger partial charge in [0.25, 0.3) is 5.91 Å². The summed E-state index contributed by atoms with van der Waals surface area (Å²) in [5.74, 6) is -0.940. The molecule has 0 aliphatic carbocycles. The van der Waals surface area contributed by atoms with Crippen molar-refractivity contribution in [1.82, 2.24) is 24.4 Å². The molecule has 40 heavy (non-hydrogen) atoms. The molecule has 11 heteroatoms. The van der Waals surface area contributed by atoms with Crippen LogP contribution in [0.3, 0.4) is 0 Å². The summed E-state index contributed by atoms with van der Waals surface area (Å²) in [5.41, 5.74) is 4.08. The van der Waals surface area contributed by atoms with Crippen LogP contribution in [0, 0.1) is 0 Å². The molecular formula is C29H29N5O5S. The minimum absolute atomic E-state index is 0.0897. The average molecular weight is 560 g/mol. The summed E-state index contributed by atoms with van der Waals surface area (Å²) in [4.78, 5) is 45.4. The Morgan fingerprint density at radius 1 is 1.02 bits per heavy atom. The highest BCUT2D eigenvalue weighted by atomic mass is 32.2. The van der Waals surface area contributed by atoms with Crippen LogP contribution in [0.1, 0.15) is 34.3 Å². The molecule has 0 spiro atoms. The molecule has 3 aliphatic heterocycles. The largest absolute Gasteiger partial charge is 0.322 e. The first-order chi connectivity index (χ1) is 19.2. The third-order valence-electron chi connectivity index (χ3n) is 7.92. The van der Waals surface area contributed by atoms with E-state index in [1.54, 1.807) is 49.6 Å². The number of imide groups is 1. The number of piperidine rings is 1. The summed E-state index contributed by atoms with van der Waals surface area (Å²) in [5, 5.41) is 2.33. The van der Waals surface area contributed by atoms with Crippen molar-refractivity contribution in [3.63, 3.8) is 0 Å². The fourth-order valence-corrected chi connectivity index (χ4v) is 6.94. The van der Waals surface area contributed by atoms with Crippen molar-refractivity contribution in [2.45, 2.75) is 42.9 Å². The van der Waals surface area contributed by atoms with Crippen molar-refractivity contribution in [2.75, 3.05) is 20.1 Å². The maximum Gasteiger partial charge on any atom is 0.255 e. The highest BCUT2D eigenvalue weighted by Gasteiger charge is 2.39. The zero-order valence-electron chi connectivity index (χ0n) is 22.0. The van der Waals surface area contributed by atoms with E-state index in [1.807, 2.05) is 24.3 Å². The second-order valence-electron chi connectivity index (χ2n) is 10.5. The second kappa shape index (κ2) is 10.2. The van der Waals surface area contributed by atoms with Gasteiger partial charge in [0.2, 0.25) is 21.8 Å². The van der Waals surface area contributed by atoms with Crippen LogP contribution in [0.4, 0.5) is 0 Å². The number of sulfonamides is 1. The predicted molar refractivity (Wildman–Crippen MR) is 146 cm³/mol. The molecule has 2 fully saturated rings. The number of fused-ring (bicyclic) bond motifs is 1. The number of hydrogen-bond donors (Lipinski definition) is 1. The lowest BCUT2D eigenvalue weighted by Gasteiger charge is -2.43. The van der Waals surface area contributed by atoms with Gasteiger partial charge in [0.1, 0.15) is 6.04 Å². The molecule has 10 nitrogen and oxygen atoms in total. The Morgan fingerprint density at radius 2 is 1.80 bits per heavy atom. The van der Waals surface area contributed by atoms with Crippen molar-refractivity contribution >= 4 is 27.7 Å².